The number of aryl methyl sites for hydroxylation is 1. The Kier molecular flexibility index (Phi) is 3.90. The van der Waals surface area contributed by atoms with E-state index in [4.69, 9.17) is 0 Å². The molecular weight excluding hydrogens is 180 g/mol. The van der Waals surface area contributed by atoms with E-state index in [9.17, 15) is 4.79 Å². The van der Waals surface area contributed by atoms with E-state index >= 15 is 0 Å². The van der Waals surface area contributed by atoms with Gasteiger partial charge in [-0.25, -0.2) is 0 Å². The highest BCUT2D eigenvalue weighted by molar-refractivity contribution is 7.08. The average molecular weight is 194 g/mol. The molecule has 0 amide bonds. The smallest absolute Gasteiger partial charge is 0.163 e. The van der Waals surface area contributed by atoms with Crippen molar-refractivity contribution in [1.29, 1.82) is 0 Å². The predicted molar refractivity (Wildman–Crippen MR) is 57.4 cm³/mol. The zero-order valence-electron chi connectivity index (χ0n) is 7.88. The molecule has 0 spiro atoms. The predicted octanol–water partition coefficient (Wildman–Crippen LogP) is 3.60. The van der Waals surface area contributed by atoms with E-state index in [0.717, 1.165) is 24.0 Å². The Balaban J connectivity index is 2.49. The number of thiophene rings is 1. The number of carbonyl (C=O) groups excluding carboxylic acids is 1. The van der Waals surface area contributed by atoms with Crippen molar-refractivity contribution in [3.05, 3.63) is 34.5 Å². The van der Waals surface area contributed by atoms with Crippen LogP contribution in [0.3, 0.4) is 0 Å². The van der Waals surface area contributed by atoms with Crippen LogP contribution in [0.1, 0.15) is 35.2 Å². The minimum atomic E-state index is 0.264. The van der Waals surface area contributed by atoms with E-state index < -0.39 is 0 Å². The second kappa shape index (κ2) is 4.97. The summed E-state index contributed by atoms with van der Waals surface area (Å²) in [7, 11) is 0. The molecule has 0 atom stereocenters. The first-order valence-corrected chi connectivity index (χ1v) is 5.37. The Hall–Kier alpha value is -0.890. The maximum atomic E-state index is 11.6. The number of carbonyl (C=O) groups is 1. The fraction of sp³-hybridized carbons (Fsp3) is 0.364. The Morgan fingerprint density at radius 2 is 2.38 bits per heavy atom. The fourth-order valence-corrected chi connectivity index (χ4v) is 2.04. The molecule has 0 N–H and O–H groups in total. The van der Waals surface area contributed by atoms with Crippen LogP contribution < -0.4 is 0 Å². The Labute approximate surface area is 83.1 Å². The van der Waals surface area contributed by atoms with E-state index in [1.54, 1.807) is 11.3 Å². The van der Waals surface area contributed by atoms with Gasteiger partial charge in [0, 0.05) is 17.4 Å². The number of unbranched alkanes of at least 4 members (excludes halogenated alkanes) is 1. The zero-order chi connectivity index (χ0) is 9.68. The molecule has 0 aromatic carbocycles. The second-order valence-electron chi connectivity index (χ2n) is 3.07. The Bertz CT molecular complexity index is 299. The van der Waals surface area contributed by atoms with E-state index in [1.165, 1.54) is 0 Å². The van der Waals surface area contributed by atoms with E-state index in [-0.39, 0.29) is 5.78 Å². The number of hydrogen-bond donors (Lipinski definition) is 0. The van der Waals surface area contributed by atoms with Crippen LogP contribution in [-0.4, -0.2) is 5.78 Å². The number of rotatable bonds is 5. The van der Waals surface area contributed by atoms with Crippen molar-refractivity contribution in [1.82, 2.24) is 0 Å². The largest absolute Gasteiger partial charge is 0.294 e. The first kappa shape index (κ1) is 10.2. The summed E-state index contributed by atoms with van der Waals surface area (Å²) in [6, 6.07) is 0. The minimum absolute atomic E-state index is 0.264. The normalized spacial score (nSPS) is 9.92. The number of Topliss-reactive ketones (excluding diaryl/α,β-unsaturated/α-hetero) is 1. The lowest BCUT2D eigenvalue weighted by Crippen LogP contribution is -1.98. The van der Waals surface area contributed by atoms with Crippen molar-refractivity contribution in [2.75, 3.05) is 0 Å². The molecule has 1 heterocycles. The molecule has 13 heavy (non-hydrogen) atoms. The highest BCUT2D eigenvalue weighted by atomic mass is 32.1. The zero-order valence-corrected chi connectivity index (χ0v) is 8.69. The molecule has 0 aliphatic heterocycles. The van der Waals surface area contributed by atoms with Gasteiger partial charge in [0.05, 0.1) is 0 Å². The minimum Gasteiger partial charge on any atom is -0.294 e. The van der Waals surface area contributed by atoms with E-state index in [0.29, 0.717) is 6.42 Å². The van der Waals surface area contributed by atoms with Gasteiger partial charge >= 0.3 is 0 Å². The number of allylic oxidation sites excluding steroid dienone is 1. The van der Waals surface area contributed by atoms with Crippen LogP contribution in [-0.2, 0) is 0 Å². The van der Waals surface area contributed by atoms with Crippen molar-refractivity contribution in [3.63, 3.8) is 0 Å². The summed E-state index contributed by atoms with van der Waals surface area (Å²) in [6.45, 7) is 5.61. The van der Waals surface area contributed by atoms with Gasteiger partial charge in [0.25, 0.3) is 0 Å². The molecule has 1 aromatic rings. The van der Waals surface area contributed by atoms with Gasteiger partial charge in [-0.1, -0.05) is 6.08 Å². The molecule has 0 fully saturated rings. The van der Waals surface area contributed by atoms with Crippen LogP contribution in [0.5, 0.6) is 0 Å². The first-order valence-electron chi connectivity index (χ1n) is 4.42. The molecule has 0 bridgehead atoms. The third kappa shape index (κ3) is 2.81. The quantitative estimate of drug-likeness (QED) is 0.397. The maximum Gasteiger partial charge on any atom is 0.163 e. The standard InChI is InChI=1S/C11H14OS/c1-3-4-5-6-11(12)10-8-13-7-9(10)2/h3,7-8H,1,4-6H2,2H3. The topological polar surface area (TPSA) is 17.1 Å². The summed E-state index contributed by atoms with van der Waals surface area (Å²) in [6.07, 6.45) is 4.34. The van der Waals surface area contributed by atoms with Gasteiger partial charge < -0.3 is 0 Å². The molecule has 1 nitrogen and oxygen atoms in total. The molecular formula is C11H14OS. The van der Waals surface area contributed by atoms with Crippen LogP contribution in [0, 0.1) is 6.92 Å². The molecule has 0 radical (unpaired) electrons. The summed E-state index contributed by atoms with van der Waals surface area (Å²) in [5, 5.41) is 3.95. The van der Waals surface area contributed by atoms with Crippen molar-refractivity contribution in [3.8, 4) is 0 Å². The lowest BCUT2D eigenvalue weighted by atomic mass is 10.1. The molecule has 70 valence electrons. The van der Waals surface area contributed by atoms with Gasteiger partial charge in [-0.05, 0) is 30.7 Å². The lowest BCUT2D eigenvalue weighted by molar-refractivity contribution is 0.0980. The van der Waals surface area contributed by atoms with Crippen molar-refractivity contribution in [2.45, 2.75) is 26.2 Å². The third-order valence-corrected chi connectivity index (χ3v) is 2.83. The van der Waals surface area contributed by atoms with Crippen LogP contribution in [0.4, 0.5) is 0 Å². The van der Waals surface area contributed by atoms with Gasteiger partial charge in [0.2, 0.25) is 0 Å². The summed E-state index contributed by atoms with van der Waals surface area (Å²) < 4.78 is 0. The molecule has 0 aliphatic carbocycles. The van der Waals surface area contributed by atoms with Gasteiger partial charge in [-0.15, -0.1) is 6.58 Å². The van der Waals surface area contributed by atoms with Gasteiger partial charge in [0.1, 0.15) is 0 Å². The number of ketones is 1. The Morgan fingerprint density at radius 3 is 2.92 bits per heavy atom. The SMILES string of the molecule is C=CCCCC(=O)c1cscc1C. The molecule has 0 saturated carbocycles. The van der Waals surface area contributed by atoms with Gasteiger partial charge in [-0.2, -0.15) is 11.3 Å². The van der Waals surface area contributed by atoms with Crippen LogP contribution in [0.25, 0.3) is 0 Å². The average Bonchev–Trinajstić information content (AvgIpc) is 2.52. The van der Waals surface area contributed by atoms with Gasteiger partial charge in [-0.3, -0.25) is 4.79 Å². The summed E-state index contributed by atoms with van der Waals surface area (Å²) in [5.41, 5.74) is 2.00. The Morgan fingerprint density at radius 1 is 1.62 bits per heavy atom. The first-order chi connectivity index (χ1) is 6.25. The molecule has 0 aliphatic rings. The van der Waals surface area contributed by atoms with Crippen molar-refractivity contribution >= 4 is 17.1 Å². The fourth-order valence-electron chi connectivity index (χ4n) is 1.19. The van der Waals surface area contributed by atoms with E-state index in [1.807, 2.05) is 23.8 Å². The monoisotopic (exact) mass is 194 g/mol. The molecule has 1 rings (SSSR count). The third-order valence-electron chi connectivity index (χ3n) is 1.97. The van der Waals surface area contributed by atoms with Crippen LogP contribution in [0.15, 0.2) is 23.4 Å². The lowest BCUT2D eigenvalue weighted by Gasteiger charge is -1.97. The molecule has 0 unspecified atom stereocenters. The van der Waals surface area contributed by atoms with Crippen LogP contribution in [0.2, 0.25) is 0 Å². The highest BCUT2D eigenvalue weighted by Gasteiger charge is 2.08. The second-order valence-corrected chi connectivity index (χ2v) is 3.82. The summed E-state index contributed by atoms with van der Waals surface area (Å²) in [4.78, 5) is 11.6. The molecule has 0 saturated heterocycles. The molecule has 1 aromatic heterocycles. The van der Waals surface area contributed by atoms with Crippen molar-refractivity contribution in [2.24, 2.45) is 0 Å². The van der Waals surface area contributed by atoms with Crippen molar-refractivity contribution < 1.29 is 4.79 Å². The number of hydrogen-bond acceptors (Lipinski definition) is 2. The molecule has 2 heteroatoms. The van der Waals surface area contributed by atoms with E-state index in [2.05, 4.69) is 6.58 Å². The summed E-state index contributed by atoms with van der Waals surface area (Å²) in [5.74, 6) is 0.264. The highest BCUT2D eigenvalue weighted by Crippen LogP contribution is 2.16. The van der Waals surface area contributed by atoms with Gasteiger partial charge in [0.15, 0.2) is 5.78 Å². The maximum absolute atomic E-state index is 11.6. The summed E-state index contributed by atoms with van der Waals surface area (Å²) >= 11 is 1.59. The van der Waals surface area contributed by atoms with Crippen LogP contribution >= 0.6 is 11.3 Å².